The van der Waals surface area contributed by atoms with E-state index in [0.29, 0.717) is 173 Å². The third kappa shape index (κ3) is 27.0. The summed E-state index contributed by atoms with van der Waals surface area (Å²) in [5.74, 6) is 3.68. The van der Waals surface area contributed by atoms with Gasteiger partial charge in [0.2, 0.25) is 27.7 Å². The fourth-order valence-electron chi connectivity index (χ4n) is 18.3. The average molecular weight is 2090 g/mol. The Morgan fingerprint density at radius 2 is 0.752 bits per heavy atom. The number of alkyl halides is 10. The number of hydrogen-bond acceptors (Lipinski definition) is 33. The molecular formula is C96H108F10N34O8S. The molecule has 0 spiro atoms. The van der Waals surface area contributed by atoms with Gasteiger partial charge in [-0.15, -0.1) is 0 Å². The lowest BCUT2D eigenvalue weighted by molar-refractivity contribution is -0.123. The molecule has 0 saturated carbocycles. The minimum Gasteiger partial charge on any atom is -0.379 e. The topological polar surface area (TPSA) is 507 Å². The van der Waals surface area contributed by atoms with Crippen LogP contribution in [0.5, 0.6) is 0 Å². The van der Waals surface area contributed by atoms with E-state index >= 15 is 0 Å². The first kappa shape index (κ1) is 106. The van der Waals surface area contributed by atoms with Gasteiger partial charge in [0, 0.05) is 129 Å². The maximum atomic E-state index is 13.1. The monoisotopic (exact) mass is 2090 g/mol. The van der Waals surface area contributed by atoms with Gasteiger partial charge in [-0.3, -0.25) is 19.2 Å². The Balaban J connectivity index is 0.000000133. The first-order valence-corrected chi connectivity index (χ1v) is 49.9. The minimum atomic E-state index is -3.27. The molecule has 53 heteroatoms. The highest BCUT2D eigenvalue weighted by Crippen LogP contribution is 2.40. The molecule has 5 fully saturated rings. The number of rotatable bonds is 31. The van der Waals surface area contributed by atoms with E-state index in [1.165, 1.54) is 134 Å². The second-order valence-electron chi connectivity index (χ2n) is 37.2. The summed E-state index contributed by atoms with van der Waals surface area (Å²) < 4.78 is 173. The Kier molecular flexibility index (Phi) is 34.4. The highest BCUT2D eigenvalue weighted by molar-refractivity contribution is 7.88. The van der Waals surface area contributed by atoms with Crippen LogP contribution >= 0.6 is 0 Å². The summed E-state index contributed by atoms with van der Waals surface area (Å²) in [5, 5.41) is 19.9. The number of carbonyl (C=O) groups excluding carboxylic acids is 4. The van der Waals surface area contributed by atoms with E-state index in [1.54, 1.807) is 30.7 Å². The standard InChI is InChI=1S/C22H26F2N6O2.C19H23F2N7O2S.2C19H21F2N7O.C17H17F2N7O2/c1-32-13-16(31)6-2-4-15-5-3-9-29(12-15)21-10-18(26-14-27-21)19-11-25-20-8-7-17(22(23)24)28-30(19)20;1-19(2)10-27(9-12(19)7-25-31(3,29)30)17-6-14(23-11-24-17)15-8-22-16-5-4-13(18(20)21)26-28(15)16;20-19(21)13-2-4-17-23-10-15(28(17)26-13)14-9-18(25-11-24-14)27-7-5-12(6-8-27)1-3-16(22)29;20-19(21)13-4-6-17-23-9-15(28(17)26-13)14-8-18(25-11-24-14)27-7-1-2-12(10-27)3-5-16(22)29;18-16(19)11-1-2-14-21-6-13(26(14)24-11)12-5-15(23-9-22-12)25-3-4-28-8-10(7-25)17(20)27/h7-8,10-11,14-15,22H,2-6,9,12-13H2,1H3;4-6,8,11-12,18,25H,7,9-10H2,1-3H3;2,4,9-12,19H,1,3,5-8H2,(H2,22,29);4,6,8-9,11-12,19H,1-3,5,7,10H2,(H2,22,29);1-2,5-6,9-10,16H,3-4,7-8H2,(H2,20,27). The summed E-state index contributed by atoms with van der Waals surface area (Å²) in [6.45, 7) is 12.6. The number of imidazole rings is 5. The van der Waals surface area contributed by atoms with Gasteiger partial charge < -0.3 is 51.2 Å². The summed E-state index contributed by atoms with van der Waals surface area (Å²) >= 11 is 0. The summed E-state index contributed by atoms with van der Waals surface area (Å²) in [5.41, 5.74) is 21.6. The van der Waals surface area contributed by atoms with Gasteiger partial charge in [0.15, 0.2) is 34.0 Å². The van der Waals surface area contributed by atoms with E-state index in [1.807, 2.05) is 23.1 Å². The number of ketones is 1. The fourth-order valence-corrected chi connectivity index (χ4v) is 18.8. The number of Topliss-reactive ketones (excluding diaryl/α,β-unsaturated/α-hetero) is 1. The Morgan fingerprint density at radius 1 is 0.416 bits per heavy atom. The number of methoxy groups -OCH3 is 1. The van der Waals surface area contributed by atoms with Crippen molar-refractivity contribution < 1.29 is 81.0 Å². The predicted molar refractivity (Wildman–Crippen MR) is 525 cm³/mol. The van der Waals surface area contributed by atoms with Crippen molar-refractivity contribution in [2.45, 2.75) is 129 Å². The SMILES string of the molecule is CC1(C)CN(c2cc(-c3cnc4ccc(C(F)F)nn34)ncn2)CC1CNS(C)(=O)=O.COCC(=O)CCCC1CCCN(c2cc(-c3cnc4ccc(C(F)F)nn34)ncn2)C1.NC(=O)C1COCCN(c2cc(-c3cnc4ccc(C(F)F)nn34)ncn2)C1.NC(=O)CCC1CCCN(c2cc(-c3cnc4ccc(C(F)F)nn34)ncn2)C1.NC(=O)CCC1CCN(c2cc(-c3cnc4ccc(C(F)F)nn34)ncn2)CC1. The molecule has 149 heavy (non-hydrogen) atoms. The maximum absolute atomic E-state index is 13.1. The van der Waals surface area contributed by atoms with Gasteiger partial charge in [0.25, 0.3) is 32.1 Å². The molecule has 7 N–H and O–H groups in total. The number of hydrogen-bond donors (Lipinski definition) is 4. The fraction of sp³-hybridized carbons (Fsp3) is 0.438. The number of fused-ring (bicyclic) bond motifs is 5. The zero-order chi connectivity index (χ0) is 105. The molecule has 3 amide bonds. The lowest BCUT2D eigenvalue weighted by atomic mass is 9.82. The van der Waals surface area contributed by atoms with Gasteiger partial charge in [0.05, 0.1) is 84.8 Å². The van der Waals surface area contributed by atoms with Gasteiger partial charge in [-0.25, -0.2) is 154 Å². The smallest absolute Gasteiger partial charge is 0.282 e. The minimum absolute atomic E-state index is 0.0895. The van der Waals surface area contributed by atoms with E-state index in [2.05, 4.69) is 138 Å². The predicted octanol–water partition coefficient (Wildman–Crippen LogP) is 12.1. The summed E-state index contributed by atoms with van der Waals surface area (Å²) in [7, 11) is -1.74. The molecule has 0 aromatic carbocycles. The van der Waals surface area contributed by atoms with Crippen LogP contribution in [0.15, 0.2) is 154 Å². The first-order valence-electron chi connectivity index (χ1n) is 48.0. The lowest BCUT2D eigenvalue weighted by Gasteiger charge is -2.33. The summed E-state index contributed by atoms with van der Waals surface area (Å²) in [4.78, 5) is 120. The molecule has 0 bridgehead atoms. The van der Waals surface area contributed by atoms with Gasteiger partial charge >= 0.3 is 0 Å². The number of halogens is 10. The number of anilines is 5. The van der Waals surface area contributed by atoms with E-state index in [0.717, 1.165) is 127 Å². The third-order valence-corrected chi connectivity index (χ3v) is 26.9. The number of primary amides is 3. The highest BCUT2D eigenvalue weighted by atomic mass is 32.2. The van der Waals surface area contributed by atoms with Crippen molar-refractivity contribution in [2.24, 2.45) is 52.2 Å². The Morgan fingerprint density at radius 3 is 1.09 bits per heavy atom. The number of nitrogens with zero attached hydrogens (tertiary/aromatic N) is 30. The van der Waals surface area contributed by atoms with Crippen LogP contribution in [-0.4, -0.2) is 260 Å². The molecule has 5 aliphatic heterocycles. The van der Waals surface area contributed by atoms with Crippen molar-refractivity contribution in [3.63, 3.8) is 0 Å². The molecule has 0 radical (unpaired) electrons. The molecule has 5 saturated heterocycles. The number of sulfonamides is 1. The molecule has 5 aliphatic rings. The highest BCUT2D eigenvalue weighted by Gasteiger charge is 2.41. The van der Waals surface area contributed by atoms with E-state index < -0.39 is 54.0 Å². The van der Waals surface area contributed by atoms with Crippen LogP contribution in [0.25, 0.3) is 85.2 Å². The lowest BCUT2D eigenvalue weighted by Crippen LogP contribution is -2.37. The largest absolute Gasteiger partial charge is 0.379 e. The number of carbonyl (C=O) groups is 4. The average Bonchev–Trinajstić information content (AvgIpc) is 1.64. The van der Waals surface area contributed by atoms with Crippen molar-refractivity contribution in [1.82, 2.24) is 128 Å². The maximum Gasteiger partial charge on any atom is 0.282 e. The number of nitrogens with one attached hydrogen (secondary N) is 1. The molecule has 20 heterocycles. The molecule has 786 valence electrons. The molecular weight excluding hydrogens is 1980 g/mol. The molecule has 15 aromatic rings. The summed E-state index contributed by atoms with van der Waals surface area (Å²) in [6, 6.07) is 22.8. The Bertz CT molecular complexity index is 7300. The molecule has 15 aromatic heterocycles. The van der Waals surface area contributed by atoms with E-state index in [9.17, 15) is 71.5 Å². The third-order valence-electron chi connectivity index (χ3n) is 26.3. The van der Waals surface area contributed by atoms with Crippen LogP contribution < -0.4 is 46.4 Å². The molecule has 4 atom stereocenters. The van der Waals surface area contributed by atoms with Gasteiger partial charge in [-0.1, -0.05) is 13.8 Å². The number of piperidine rings is 3. The van der Waals surface area contributed by atoms with Crippen LogP contribution in [-0.2, 0) is 38.7 Å². The molecule has 20 rings (SSSR count). The van der Waals surface area contributed by atoms with Crippen LogP contribution in [0.4, 0.5) is 73.0 Å². The second-order valence-corrected chi connectivity index (χ2v) is 39.0. The zero-order valence-corrected chi connectivity index (χ0v) is 82.2. The van der Waals surface area contributed by atoms with Gasteiger partial charge in [-0.2, -0.15) is 25.5 Å². The molecule has 4 unspecified atom stereocenters. The van der Waals surface area contributed by atoms with Crippen LogP contribution in [0.2, 0.25) is 0 Å². The number of amides is 3. The van der Waals surface area contributed by atoms with E-state index in [4.69, 9.17) is 26.7 Å². The molecule has 42 nitrogen and oxygen atoms in total. The normalized spacial score (nSPS) is 17.2. The first-order chi connectivity index (χ1) is 71.6. The van der Waals surface area contributed by atoms with E-state index in [-0.39, 0.29) is 70.6 Å². The van der Waals surface area contributed by atoms with Crippen molar-refractivity contribution >= 4 is 90.9 Å². The quantitative estimate of drug-likeness (QED) is 0.0293. The van der Waals surface area contributed by atoms with Crippen molar-refractivity contribution in [2.75, 3.05) is 130 Å². The Hall–Kier alpha value is -15.3. The van der Waals surface area contributed by atoms with Gasteiger partial charge in [0.1, 0.15) is 124 Å². The van der Waals surface area contributed by atoms with Crippen molar-refractivity contribution in [3.05, 3.63) is 182 Å². The van der Waals surface area contributed by atoms with Gasteiger partial charge in [-0.05, 0) is 154 Å². The number of aromatic nitrogens is 25. The van der Waals surface area contributed by atoms with Crippen molar-refractivity contribution in [1.29, 1.82) is 0 Å². The van der Waals surface area contributed by atoms with Crippen LogP contribution in [0, 0.1) is 35.0 Å². The number of ether oxygens (including phenoxy) is 2. The van der Waals surface area contributed by atoms with Crippen LogP contribution in [0.3, 0.4) is 0 Å². The molecule has 0 aliphatic carbocycles. The number of nitrogens with two attached hydrogens (primary N) is 3. The second kappa shape index (κ2) is 48.1. The van der Waals surface area contributed by atoms with Crippen LogP contribution in [0.1, 0.15) is 158 Å². The summed E-state index contributed by atoms with van der Waals surface area (Å²) in [6.07, 6.45) is 13.6. The zero-order valence-electron chi connectivity index (χ0n) is 81.4. The van der Waals surface area contributed by atoms with Crippen molar-refractivity contribution in [3.8, 4) is 56.9 Å². The Labute approximate surface area is 845 Å².